The summed E-state index contributed by atoms with van der Waals surface area (Å²) < 4.78 is 0. The van der Waals surface area contributed by atoms with Gasteiger partial charge in [-0.3, -0.25) is 4.79 Å². The van der Waals surface area contributed by atoms with Gasteiger partial charge in [0.15, 0.2) is 0 Å². The molecule has 1 saturated heterocycles. The molecule has 1 aliphatic carbocycles. The molecule has 1 spiro atoms. The van der Waals surface area contributed by atoms with Crippen LogP contribution >= 0.6 is 0 Å². The molecule has 0 radical (unpaired) electrons. The predicted molar refractivity (Wildman–Crippen MR) is 120 cm³/mol. The van der Waals surface area contributed by atoms with Crippen molar-refractivity contribution in [3.8, 4) is 6.07 Å². The fourth-order valence-corrected chi connectivity index (χ4v) is 4.98. The Morgan fingerprint density at radius 1 is 1.31 bits per heavy atom. The highest BCUT2D eigenvalue weighted by Crippen LogP contribution is 2.56. The number of benzene rings is 1. The van der Waals surface area contributed by atoms with Gasteiger partial charge < -0.3 is 20.3 Å². The van der Waals surface area contributed by atoms with Crippen molar-refractivity contribution in [1.82, 2.24) is 20.3 Å². The molecule has 32 heavy (non-hydrogen) atoms. The second kappa shape index (κ2) is 7.92. The topological polar surface area (TPSA) is 118 Å². The lowest BCUT2D eigenvalue weighted by molar-refractivity contribution is -0.129. The zero-order valence-electron chi connectivity index (χ0n) is 18.0. The standard InChI is InChI=1S/C24H26N6O2/c1-15(20(31)17-4-2-16(12-25)3-5-17)29-23(32)19-7-11-30(13-24(19)8-9-24)22-18-6-10-26-21(18)27-14-28-22/h2-6,10,14-15,19-20,31H,7-9,11,13H2,1H3,(H,29,32)(H,26,27,28)/t15-,19?,20-/m0/s1. The number of hydrogen-bond donors (Lipinski definition) is 3. The van der Waals surface area contributed by atoms with Gasteiger partial charge in [0.05, 0.1) is 29.2 Å². The number of fused-ring (bicyclic) bond motifs is 1. The second-order valence-corrected chi connectivity index (χ2v) is 9.04. The average Bonchev–Trinajstić information content (AvgIpc) is 3.39. The molecule has 5 rings (SSSR count). The van der Waals surface area contributed by atoms with Gasteiger partial charge in [0.2, 0.25) is 5.91 Å². The maximum atomic E-state index is 13.2. The minimum Gasteiger partial charge on any atom is -0.386 e. The Morgan fingerprint density at radius 2 is 2.09 bits per heavy atom. The lowest BCUT2D eigenvalue weighted by atomic mass is 9.81. The Kier molecular flexibility index (Phi) is 5.06. The van der Waals surface area contributed by atoms with Crippen LogP contribution in [0.1, 0.15) is 43.4 Å². The Hall–Kier alpha value is -3.44. The average molecular weight is 431 g/mol. The van der Waals surface area contributed by atoms with E-state index in [2.05, 4.69) is 31.2 Å². The lowest BCUT2D eigenvalue weighted by Crippen LogP contribution is -2.50. The Labute approximate surface area is 186 Å². The molecule has 2 aliphatic rings. The number of carbonyl (C=O) groups is 1. The largest absolute Gasteiger partial charge is 0.386 e. The molecule has 164 valence electrons. The summed E-state index contributed by atoms with van der Waals surface area (Å²) >= 11 is 0. The molecule has 0 bridgehead atoms. The molecule has 2 fully saturated rings. The van der Waals surface area contributed by atoms with Crippen LogP contribution in [0, 0.1) is 22.7 Å². The van der Waals surface area contributed by atoms with Crippen molar-refractivity contribution in [2.75, 3.05) is 18.0 Å². The number of H-pyrrole nitrogens is 1. The van der Waals surface area contributed by atoms with Crippen molar-refractivity contribution in [3.05, 3.63) is 54.0 Å². The third kappa shape index (κ3) is 3.59. The van der Waals surface area contributed by atoms with E-state index in [0.717, 1.165) is 49.2 Å². The van der Waals surface area contributed by atoms with Crippen molar-refractivity contribution in [2.45, 2.75) is 38.3 Å². The number of hydrogen-bond acceptors (Lipinski definition) is 6. The van der Waals surface area contributed by atoms with Gasteiger partial charge in [-0.25, -0.2) is 9.97 Å². The molecule has 8 heteroatoms. The van der Waals surface area contributed by atoms with E-state index < -0.39 is 12.1 Å². The minimum atomic E-state index is -0.829. The van der Waals surface area contributed by atoms with E-state index in [1.165, 1.54) is 0 Å². The molecule has 1 amide bonds. The number of piperidine rings is 1. The number of aliphatic hydroxyl groups is 1. The molecule has 3 atom stereocenters. The first kappa shape index (κ1) is 20.5. The van der Waals surface area contributed by atoms with Crippen molar-refractivity contribution in [1.29, 1.82) is 5.26 Å². The number of aromatic nitrogens is 3. The number of anilines is 1. The molecule has 1 saturated carbocycles. The molecule has 1 unspecified atom stereocenters. The third-order valence-electron chi connectivity index (χ3n) is 7.00. The van der Waals surface area contributed by atoms with Crippen LogP contribution < -0.4 is 10.2 Å². The van der Waals surface area contributed by atoms with Crippen LogP contribution in [0.3, 0.4) is 0 Å². The molecule has 3 N–H and O–H groups in total. The zero-order chi connectivity index (χ0) is 22.3. The van der Waals surface area contributed by atoms with Crippen LogP contribution in [0.15, 0.2) is 42.9 Å². The van der Waals surface area contributed by atoms with Crippen LogP contribution in [0.4, 0.5) is 5.82 Å². The predicted octanol–water partition coefficient (Wildman–Crippen LogP) is 2.67. The van der Waals surface area contributed by atoms with E-state index in [-0.39, 0.29) is 17.2 Å². The Bertz CT molecular complexity index is 1180. The summed E-state index contributed by atoms with van der Waals surface area (Å²) in [5.74, 6) is 0.862. The van der Waals surface area contributed by atoms with Crippen LogP contribution in [0.5, 0.6) is 0 Å². The third-order valence-corrected chi connectivity index (χ3v) is 7.00. The summed E-state index contributed by atoms with van der Waals surface area (Å²) in [6.45, 7) is 3.37. The van der Waals surface area contributed by atoms with E-state index in [4.69, 9.17) is 5.26 Å². The number of nitrogens with zero attached hydrogens (tertiary/aromatic N) is 4. The summed E-state index contributed by atoms with van der Waals surface area (Å²) in [5.41, 5.74) is 2.02. The highest BCUT2D eigenvalue weighted by molar-refractivity contribution is 5.87. The first-order valence-corrected chi connectivity index (χ1v) is 11.0. The maximum Gasteiger partial charge on any atom is 0.224 e. The summed E-state index contributed by atoms with van der Waals surface area (Å²) in [5, 5.41) is 23.7. The molecule has 8 nitrogen and oxygen atoms in total. The van der Waals surface area contributed by atoms with Gasteiger partial charge in [-0.05, 0) is 55.4 Å². The molecule has 2 aromatic heterocycles. The van der Waals surface area contributed by atoms with Crippen LogP contribution in [0.25, 0.3) is 11.0 Å². The number of aromatic amines is 1. The van der Waals surface area contributed by atoms with Crippen molar-refractivity contribution in [3.63, 3.8) is 0 Å². The fourth-order valence-electron chi connectivity index (χ4n) is 4.98. The van der Waals surface area contributed by atoms with Gasteiger partial charge in [0.25, 0.3) is 0 Å². The van der Waals surface area contributed by atoms with E-state index in [0.29, 0.717) is 11.1 Å². The molecular formula is C24H26N6O2. The first-order valence-electron chi connectivity index (χ1n) is 11.0. The quantitative estimate of drug-likeness (QED) is 0.573. The van der Waals surface area contributed by atoms with Gasteiger partial charge in [0, 0.05) is 25.2 Å². The van der Waals surface area contributed by atoms with E-state index in [1.54, 1.807) is 30.6 Å². The zero-order valence-corrected chi connectivity index (χ0v) is 18.0. The summed E-state index contributed by atoms with van der Waals surface area (Å²) in [7, 11) is 0. The monoisotopic (exact) mass is 430 g/mol. The molecule has 1 aliphatic heterocycles. The van der Waals surface area contributed by atoms with Crippen LogP contribution in [-0.4, -0.2) is 45.1 Å². The molecule has 3 heterocycles. The Balaban J connectivity index is 1.26. The SMILES string of the molecule is C[C@H](NC(=O)C1CCN(c2ncnc3[nH]ccc23)CC12CC2)[C@H](O)c1ccc(C#N)cc1. The number of carbonyl (C=O) groups excluding carboxylic acids is 1. The first-order chi connectivity index (χ1) is 15.5. The summed E-state index contributed by atoms with van der Waals surface area (Å²) in [6.07, 6.45) is 5.42. The van der Waals surface area contributed by atoms with Crippen molar-refractivity contribution in [2.24, 2.45) is 11.3 Å². The number of aliphatic hydroxyl groups excluding tert-OH is 1. The highest BCUT2D eigenvalue weighted by atomic mass is 16.3. The van der Waals surface area contributed by atoms with Gasteiger partial charge >= 0.3 is 0 Å². The number of rotatable bonds is 5. The minimum absolute atomic E-state index is 0.0109. The second-order valence-electron chi connectivity index (χ2n) is 9.04. The van der Waals surface area contributed by atoms with Gasteiger partial charge in [-0.2, -0.15) is 5.26 Å². The van der Waals surface area contributed by atoms with Gasteiger partial charge in [-0.15, -0.1) is 0 Å². The Morgan fingerprint density at radius 3 is 2.81 bits per heavy atom. The maximum absolute atomic E-state index is 13.2. The van der Waals surface area contributed by atoms with Gasteiger partial charge in [-0.1, -0.05) is 12.1 Å². The van der Waals surface area contributed by atoms with E-state index in [1.807, 2.05) is 19.2 Å². The summed E-state index contributed by atoms with van der Waals surface area (Å²) in [6, 6.07) is 10.5. The van der Waals surface area contributed by atoms with E-state index in [9.17, 15) is 9.90 Å². The van der Waals surface area contributed by atoms with E-state index >= 15 is 0 Å². The van der Waals surface area contributed by atoms with Crippen LogP contribution in [0.2, 0.25) is 0 Å². The molecule has 3 aromatic rings. The normalized spacial score (nSPS) is 21.2. The number of nitrogens with one attached hydrogen (secondary N) is 2. The van der Waals surface area contributed by atoms with Crippen LogP contribution in [-0.2, 0) is 4.79 Å². The lowest BCUT2D eigenvalue weighted by Gasteiger charge is -2.39. The smallest absolute Gasteiger partial charge is 0.224 e. The number of nitriles is 1. The fraction of sp³-hybridized carbons (Fsp3) is 0.417. The highest BCUT2D eigenvalue weighted by Gasteiger charge is 2.55. The summed E-state index contributed by atoms with van der Waals surface area (Å²) in [4.78, 5) is 27.4. The molecule has 1 aromatic carbocycles. The van der Waals surface area contributed by atoms with Crippen molar-refractivity contribution < 1.29 is 9.90 Å². The van der Waals surface area contributed by atoms with Gasteiger partial charge in [0.1, 0.15) is 17.8 Å². The molecular weight excluding hydrogens is 404 g/mol. The number of amides is 1. The van der Waals surface area contributed by atoms with Crippen molar-refractivity contribution >= 4 is 22.8 Å².